The lowest BCUT2D eigenvalue weighted by atomic mass is 10.2. The molecule has 1 amide bonds. The Morgan fingerprint density at radius 2 is 1.97 bits per heavy atom. The molecular weight excluding hydrogens is 446 g/mol. The van der Waals surface area contributed by atoms with Gasteiger partial charge in [-0.3, -0.25) is 19.6 Å². The van der Waals surface area contributed by atoms with E-state index in [1.807, 2.05) is 0 Å². The molecule has 11 nitrogen and oxygen atoms in total. The van der Waals surface area contributed by atoms with Gasteiger partial charge in [-0.1, -0.05) is 23.5 Å². The van der Waals surface area contributed by atoms with Crippen molar-refractivity contribution < 1.29 is 22.9 Å². The summed E-state index contributed by atoms with van der Waals surface area (Å²) in [6.07, 6.45) is 0.339. The number of nitrogens with one attached hydrogen (secondary N) is 2. The number of hydrogen-bond acceptors (Lipinski definition) is 9. The van der Waals surface area contributed by atoms with Crippen LogP contribution in [-0.2, 0) is 16.4 Å². The molecule has 2 N–H and O–H groups in total. The summed E-state index contributed by atoms with van der Waals surface area (Å²) in [5, 5.41) is 21.8. The quantitative estimate of drug-likeness (QED) is 0.362. The van der Waals surface area contributed by atoms with Gasteiger partial charge in [0.15, 0.2) is 0 Å². The first kappa shape index (κ1) is 22.1. The van der Waals surface area contributed by atoms with Crippen LogP contribution in [0, 0.1) is 10.1 Å². The monoisotopic (exact) mass is 463 g/mol. The second kappa shape index (κ2) is 9.49. The summed E-state index contributed by atoms with van der Waals surface area (Å²) in [6, 6.07) is 11.4. The topological polar surface area (TPSA) is 153 Å². The Morgan fingerprint density at radius 1 is 1.19 bits per heavy atom. The highest BCUT2D eigenvalue weighted by Gasteiger charge is 2.19. The van der Waals surface area contributed by atoms with Crippen LogP contribution in [0.4, 0.5) is 10.8 Å². The third kappa shape index (κ3) is 5.73. The van der Waals surface area contributed by atoms with Crippen LogP contribution in [0.2, 0.25) is 0 Å². The van der Waals surface area contributed by atoms with Crippen LogP contribution in [0.15, 0.2) is 53.4 Å². The van der Waals surface area contributed by atoms with E-state index in [4.69, 9.17) is 4.74 Å². The molecule has 1 aromatic heterocycles. The molecule has 0 saturated carbocycles. The van der Waals surface area contributed by atoms with Crippen LogP contribution in [0.3, 0.4) is 0 Å². The number of carbonyl (C=O) groups is 1. The van der Waals surface area contributed by atoms with E-state index >= 15 is 0 Å². The van der Waals surface area contributed by atoms with Gasteiger partial charge in [-0.15, -0.1) is 10.2 Å². The van der Waals surface area contributed by atoms with Gasteiger partial charge in [-0.25, -0.2) is 8.42 Å². The van der Waals surface area contributed by atoms with Crippen LogP contribution in [0.25, 0.3) is 0 Å². The first-order valence-electron chi connectivity index (χ1n) is 8.80. The number of carbonyl (C=O) groups excluding carboxylic acids is 1. The number of anilines is 1. The SMILES string of the molecule is COc1cccc(C(=O)NCCc2nnc(NS(=O)(=O)c3cccc([N+](=O)[O-])c3)s2)c1. The van der Waals surface area contributed by atoms with Crippen LogP contribution in [0.1, 0.15) is 15.4 Å². The number of ether oxygens (including phenoxy) is 1. The summed E-state index contributed by atoms with van der Waals surface area (Å²) in [7, 11) is -2.55. The lowest BCUT2D eigenvalue weighted by Gasteiger charge is -2.05. The summed E-state index contributed by atoms with van der Waals surface area (Å²) < 4.78 is 32.2. The fourth-order valence-corrected chi connectivity index (χ4v) is 4.49. The van der Waals surface area contributed by atoms with Gasteiger partial charge in [0.25, 0.3) is 21.6 Å². The van der Waals surface area contributed by atoms with Crippen molar-refractivity contribution in [3.05, 3.63) is 69.2 Å². The van der Waals surface area contributed by atoms with Crippen molar-refractivity contribution >= 4 is 38.1 Å². The highest BCUT2D eigenvalue weighted by Crippen LogP contribution is 2.22. The Hall–Kier alpha value is -3.58. The molecule has 0 saturated heterocycles. The Labute approximate surface area is 181 Å². The molecule has 31 heavy (non-hydrogen) atoms. The molecule has 0 bridgehead atoms. The number of nitro groups is 1. The summed E-state index contributed by atoms with van der Waals surface area (Å²) in [4.78, 5) is 22.1. The maximum Gasteiger partial charge on any atom is 0.270 e. The van der Waals surface area contributed by atoms with Gasteiger partial charge in [0.1, 0.15) is 10.8 Å². The van der Waals surface area contributed by atoms with Gasteiger partial charge in [0, 0.05) is 30.7 Å². The Morgan fingerprint density at radius 3 is 2.71 bits per heavy atom. The Kier molecular flexibility index (Phi) is 6.77. The molecule has 0 fully saturated rings. The van der Waals surface area contributed by atoms with E-state index in [0.717, 1.165) is 17.4 Å². The van der Waals surface area contributed by atoms with Crippen LogP contribution in [-0.4, -0.2) is 43.1 Å². The summed E-state index contributed by atoms with van der Waals surface area (Å²) >= 11 is 1.00. The maximum atomic E-state index is 12.4. The molecule has 0 aliphatic rings. The molecule has 13 heteroatoms. The van der Waals surface area contributed by atoms with Gasteiger partial charge in [-0.2, -0.15) is 0 Å². The van der Waals surface area contributed by atoms with Crippen LogP contribution in [0.5, 0.6) is 5.75 Å². The van der Waals surface area contributed by atoms with Gasteiger partial charge >= 0.3 is 0 Å². The fourth-order valence-electron chi connectivity index (χ4n) is 2.48. The summed E-state index contributed by atoms with van der Waals surface area (Å²) in [6.45, 7) is 0.266. The van der Waals surface area contributed by atoms with Crippen molar-refractivity contribution in [1.29, 1.82) is 0 Å². The van der Waals surface area contributed by atoms with E-state index in [1.54, 1.807) is 24.3 Å². The minimum Gasteiger partial charge on any atom is -0.497 e. The number of aromatic nitrogens is 2. The van der Waals surface area contributed by atoms with Gasteiger partial charge in [0.2, 0.25) is 5.13 Å². The second-order valence-electron chi connectivity index (χ2n) is 6.10. The zero-order valence-corrected chi connectivity index (χ0v) is 17.8. The number of rotatable bonds is 9. The minimum atomic E-state index is -4.06. The number of benzene rings is 2. The predicted molar refractivity (Wildman–Crippen MR) is 113 cm³/mol. The number of methoxy groups -OCH3 is 1. The maximum absolute atomic E-state index is 12.4. The molecule has 3 aromatic rings. The zero-order valence-electron chi connectivity index (χ0n) is 16.1. The Bertz CT molecular complexity index is 1210. The first-order valence-corrected chi connectivity index (χ1v) is 11.1. The van der Waals surface area contributed by atoms with Crippen LogP contribution < -0.4 is 14.8 Å². The van der Waals surface area contributed by atoms with E-state index < -0.39 is 14.9 Å². The molecule has 0 aliphatic carbocycles. The normalized spacial score (nSPS) is 11.0. The molecule has 3 rings (SSSR count). The largest absolute Gasteiger partial charge is 0.497 e. The Balaban J connectivity index is 1.58. The smallest absolute Gasteiger partial charge is 0.270 e. The number of amides is 1. The highest BCUT2D eigenvalue weighted by molar-refractivity contribution is 7.93. The molecule has 0 unspecified atom stereocenters. The average Bonchev–Trinajstić information content (AvgIpc) is 3.20. The van der Waals surface area contributed by atoms with E-state index in [1.165, 1.54) is 25.3 Å². The molecule has 0 radical (unpaired) electrons. The predicted octanol–water partition coefficient (Wildman–Crippen LogP) is 2.23. The molecule has 0 aliphatic heterocycles. The van der Waals surface area contributed by atoms with Crippen molar-refractivity contribution in [2.24, 2.45) is 0 Å². The van der Waals surface area contributed by atoms with E-state index in [0.29, 0.717) is 22.7 Å². The number of nitro benzene ring substituents is 1. The first-order chi connectivity index (χ1) is 14.8. The minimum absolute atomic E-state index is 0.0145. The zero-order chi connectivity index (χ0) is 22.4. The lowest BCUT2D eigenvalue weighted by Crippen LogP contribution is -2.25. The third-order valence-corrected chi connectivity index (χ3v) is 6.35. The fraction of sp³-hybridized carbons (Fsp3) is 0.167. The number of non-ortho nitro benzene ring substituents is 1. The third-order valence-electron chi connectivity index (χ3n) is 3.98. The highest BCUT2D eigenvalue weighted by atomic mass is 32.2. The van der Waals surface area contributed by atoms with Crippen molar-refractivity contribution in [1.82, 2.24) is 15.5 Å². The summed E-state index contributed by atoms with van der Waals surface area (Å²) in [5.41, 5.74) is 0.106. The van der Waals surface area contributed by atoms with Crippen LogP contribution >= 0.6 is 11.3 Å². The average molecular weight is 463 g/mol. The standard InChI is InChI=1S/C18H17N5O6S2/c1-29-14-6-2-4-12(10-14)17(24)19-9-8-16-20-21-18(30-16)22-31(27,28)15-7-3-5-13(11-15)23(25)26/h2-7,10-11H,8-9H2,1H3,(H,19,24)(H,21,22). The van der Waals surface area contributed by atoms with Gasteiger partial charge in [0.05, 0.1) is 16.9 Å². The van der Waals surface area contributed by atoms with Crippen molar-refractivity contribution in [3.63, 3.8) is 0 Å². The van der Waals surface area contributed by atoms with E-state index in [9.17, 15) is 23.3 Å². The van der Waals surface area contributed by atoms with E-state index in [-0.39, 0.29) is 28.2 Å². The van der Waals surface area contributed by atoms with Gasteiger partial charge in [-0.05, 0) is 24.3 Å². The van der Waals surface area contributed by atoms with E-state index in [2.05, 4.69) is 20.2 Å². The molecule has 2 aromatic carbocycles. The number of hydrogen-bond donors (Lipinski definition) is 2. The molecule has 0 spiro atoms. The molecular formula is C18H17N5O6S2. The number of sulfonamides is 1. The van der Waals surface area contributed by atoms with Gasteiger partial charge < -0.3 is 10.1 Å². The van der Waals surface area contributed by atoms with Crippen molar-refractivity contribution in [2.45, 2.75) is 11.3 Å². The lowest BCUT2D eigenvalue weighted by molar-refractivity contribution is -0.385. The molecule has 1 heterocycles. The molecule has 0 atom stereocenters. The second-order valence-corrected chi connectivity index (χ2v) is 8.84. The number of nitrogens with zero attached hydrogens (tertiary/aromatic N) is 3. The van der Waals surface area contributed by atoms with Crippen molar-refractivity contribution in [2.75, 3.05) is 18.4 Å². The molecule has 162 valence electrons. The summed E-state index contributed by atoms with van der Waals surface area (Å²) in [5.74, 6) is 0.285. The van der Waals surface area contributed by atoms with Crippen molar-refractivity contribution in [3.8, 4) is 5.75 Å².